The number of oxazole rings is 1. The molecule has 1 aromatic carbocycles. The van der Waals surface area contributed by atoms with Crippen LogP contribution in [-0.4, -0.2) is 9.55 Å². The van der Waals surface area contributed by atoms with Gasteiger partial charge in [-0.05, 0) is 30.7 Å². The van der Waals surface area contributed by atoms with Gasteiger partial charge in [0.15, 0.2) is 11.3 Å². The molecule has 0 amide bonds. The van der Waals surface area contributed by atoms with Crippen LogP contribution in [0.25, 0.3) is 11.1 Å². The molecule has 19 heavy (non-hydrogen) atoms. The van der Waals surface area contributed by atoms with Crippen molar-refractivity contribution in [2.75, 3.05) is 0 Å². The summed E-state index contributed by atoms with van der Waals surface area (Å²) in [5.41, 5.74) is 2.52. The summed E-state index contributed by atoms with van der Waals surface area (Å²) in [5.74, 6) is 0.573. The number of para-hydroxylation sites is 2. The van der Waals surface area contributed by atoms with Crippen LogP contribution in [0.15, 0.2) is 40.9 Å². The predicted molar refractivity (Wildman–Crippen MR) is 75.1 cm³/mol. The summed E-state index contributed by atoms with van der Waals surface area (Å²) >= 11 is 5.30. The number of aromatic nitrogens is 2. The van der Waals surface area contributed by atoms with E-state index in [0.29, 0.717) is 16.0 Å². The second-order valence-corrected chi connectivity index (χ2v) is 4.73. The molecule has 2 heterocycles. The van der Waals surface area contributed by atoms with Gasteiger partial charge in [0, 0.05) is 13.2 Å². The first kappa shape index (κ1) is 11.9. The van der Waals surface area contributed by atoms with Crippen LogP contribution in [0.1, 0.15) is 5.56 Å². The summed E-state index contributed by atoms with van der Waals surface area (Å²) in [6.45, 7) is 1.98. The van der Waals surface area contributed by atoms with Crippen molar-refractivity contribution in [1.82, 2.24) is 9.55 Å². The zero-order chi connectivity index (χ0) is 13.4. The lowest BCUT2D eigenvalue weighted by Gasteiger charge is -2.06. The first-order chi connectivity index (χ1) is 9.13. The summed E-state index contributed by atoms with van der Waals surface area (Å²) in [4.78, 5) is 4.26. The van der Waals surface area contributed by atoms with E-state index in [1.165, 1.54) is 0 Å². The van der Waals surface area contributed by atoms with Gasteiger partial charge < -0.3 is 13.7 Å². The highest BCUT2D eigenvalue weighted by molar-refractivity contribution is 7.71. The standard InChI is InChI=1S/C14H12N2O2S/c1-9-7-12(13(19)16(2)8-9)18-14-15-10-5-3-4-6-11(10)17-14/h3-8H,1-2H3. The van der Waals surface area contributed by atoms with Gasteiger partial charge >= 0.3 is 6.08 Å². The minimum Gasteiger partial charge on any atom is -0.409 e. The molecule has 0 atom stereocenters. The largest absolute Gasteiger partial charge is 0.409 e. The van der Waals surface area contributed by atoms with Crippen molar-refractivity contribution in [3.8, 4) is 11.8 Å². The second kappa shape index (κ2) is 4.51. The van der Waals surface area contributed by atoms with Gasteiger partial charge in [-0.1, -0.05) is 24.4 Å². The number of ether oxygens (including phenoxy) is 1. The zero-order valence-corrected chi connectivity index (χ0v) is 11.4. The van der Waals surface area contributed by atoms with E-state index in [4.69, 9.17) is 21.4 Å². The van der Waals surface area contributed by atoms with E-state index in [-0.39, 0.29) is 6.08 Å². The number of hydrogen-bond acceptors (Lipinski definition) is 4. The van der Waals surface area contributed by atoms with Crippen LogP contribution >= 0.6 is 12.2 Å². The Bertz CT molecular complexity index is 772. The van der Waals surface area contributed by atoms with Crippen molar-refractivity contribution in [1.29, 1.82) is 0 Å². The Labute approximate surface area is 115 Å². The normalized spacial score (nSPS) is 10.8. The number of benzene rings is 1. The van der Waals surface area contributed by atoms with E-state index in [1.54, 1.807) is 0 Å². The molecule has 0 unspecified atom stereocenters. The lowest BCUT2D eigenvalue weighted by molar-refractivity contribution is 0.339. The third-order valence-corrected chi connectivity index (χ3v) is 3.25. The fourth-order valence-corrected chi connectivity index (χ4v) is 2.06. The van der Waals surface area contributed by atoms with Crippen molar-refractivity contribution >= 4 is 23.3 Å². The molecule has 0 aliphatic carbocycles. The number of aryl methyl sites for hydroxylation is 2. The molecule has 96 valence electrons. The van der Waals surface area contributed by atoms with E-state index in [1.807, 2.05) is 55.1 Å². The third-order valence-electron chi connectivity index (χ3n) is 2.76. The van der Waals surface area contributed by atoms with Crippen molar-refractivity contribution in [3.05, 3.63) is 46.7 Å². The fourth-order valence-electron chi connectivity index (χ4n) is 1.91. The average molecular weight is 272 g/mol. The second-order valence-electron chi connectivity index (χ2n) is 4.35. The predicted octanol–water partition coefficient (Wildman–Crippen LogP) is 4.00. The molecule has 4 nitrogen and oxygen atoms in total. The Morgan fingerprint density at radius 3 is 2.89 bits per heavy atom. The Morgan fingerprint density at radius 2 is 2.11 bits per heavy atom. The Morgan fingerprint density at radius 1 is 1.32 bits per heavy atom. The minimum absolute atomic E-state index is 0.206. The van der Waals surface area contributed by atoms with Crippen molar-refractivity contribution in [2.45, 2.75) is 6.92 Å². The molecule has 0 radical (unpaired) electrons. The molecule has 0 fully saturated rings. The van der Waals surface area contributed by atoms with Crippen LogP contribution < -0.4 is 4.74 Å². The molecule has 2 aromatic heterocycles. The van der Waals surface area contributed by atoms with Crippen LogP contribution in [-0.2, 0) is 7.05 Å². The molecule has 0 N–H and O–H groups in total. The van der Waals surface area contributed by atoms with Gasteiger partial charge in [0.2, 0.25) is 0 Å². The number of fused-ring (bicyclic) bond motifs is 1. The first-order valence-corrected chi connectivity index (χ1v) is 6.25. The molecule has 0 saturated heterocycles. The van der Waals surface area contributed by atoms with Gasteiger partial charge in [-0.3, -0.25) is 0 Å². The summed E-state index contributed by atoms with van der Waals surface area (Å²) < 4.78 is 13.6. The minimum atomic E-state index is 0.206. The molecule has 5 heteroatoms. The zero-order valence-electron chi connectivity index (χ0n) is 10.6. The SMILES string of the molecule is Cc1cc(Oc2nc3ccccc3o2)c(=S)n(C)c1. The molecule has 0 aliphatic rings. The summed E-state index contributed by atoms with van der Waals surface area (Å²) in [7, 11) is 1.88. The lowest BCUT2D eigenvalue weighted by Crippen LogP contribution is -1.96. The van der Waals surface area contributed by atoms with Crippen LogP contribution in [0.4, 0.5) is 0 Å². The average Bonchev–Trinajstić information content (AvgIpc) is 2.77. The molecule has 3 rings (SSSR count). The first-order valence-electron chi connectivity index (χ1n) is 5.84. The van der Waals surface area contributed by atoms with Crippen molar-refractivity contribution < 1.29 is 9.15 Å². The van der Waals surface area contributed by atoms with Gasteiger partial charge in [-0.25, -0.2) is 0 Å². The van der Waals surface area contributed by atoms with E-state index >= 15 is 0 Å². The van der Waals surface area contributed by atoms with E-state index < -0.39 is 0 Å². The molecular formula is C14H12N2O2S. The highest BCUT2D eigenvalue weighted by Gasteiger charge is 2.09. The molecule has 0 aliphatic heterocycles. The van der Waals surface area contributed by atoms with Gasteiger partial charge in [-0.2, -0.15) is 4.98 Å². The van der Waals surface area contributed by atoms with Crippen LogP contribution in [0.5, 0.6) is 11.8 Å². The van der Waals surface area contributed by atoms with Crippen molar-refractivity contribution in [2.24, 2.45) is 7.05 Å². The Balaban J connectivity index is 2.03. The molecular weight excluding hydrogens is 260 g/mol. The highest BCUT2D eigenvalue weighted by Crippen LogP contribution is 2.26. The monoisotopic (exact) mass is 272 g/mol. The number of rotatable bonds is 2. The molecule has 0 saturated carbocycles. The van der Waals surface area contributed by atoms with Gasteiger partial charge in [-0.15, -0.1) is 0 Å². The van der Waals surface area contributed by atoms with Gasteiger partial charge in [0.1, 0.15) is 10.2 Å². The maximum absolute atomic E-state index is 5.65. The third kappa shape index (κ3) is 2.24. The quantitative estimate of drug-likeness (QED) is 0.661. The van der Waals surface area contributed by atoms with Gasteiger partial charge in [0.05, 0.1) is 0 Å². The summed E-state index contributed by atoms with van der Waals surface area (Å²) in [6, 6.07) is 9.38. The molecule has 0 bridgehead atoms. The van der Waals surface area contributed by atoms with Crippen LogP contribution in [0.2, 0.25) is 0 Å². The fraction of sp³-hybridized carbons (Fsp3) is 0.143. The van der Waals surface area contributed by atoms with Gasteiger partial charge in [0.25, 0.3) is 0 Å². The maximum Gasteiger partial charge on any atom is 0.400 e. The highest BCUT2D eigenvalue weighted by atomic mass is 32.1. The Hall–Kier alpha value is -2.14. The van der Waals surface area contributed by atoms with E-state index in [2.05, 4.69) is 4.98 Å². The number of pyridine rings is 1. The number of hydrogen-bond donors (Lipinski definition) is 0. The smallest absolute Gasteiger partial charge is 0.400 e. The summed E-state index contributed by atoms with van der Waals surface area (Å²) in [6.07, 6.45) is 2.15. The maximum atomic E-state index is 5.65. The summed E-state index contributed by atoms with van der Waals surface area (Å²) in [5, 5.41) is 0. The van der Waals surface area contributed by atoms with Crippen LogP contribution in [0.3, 0.4) is 0 Å². The lowest BCUT2D eigenvalue weighted by atomic mass is 10.3. The van der Waals surface area contributed by atoms with E-state index in [0.717, 1.165) is 11.1 Å². The topological polar surface area (TPSA) is 40.2 Å². The molecule has 3 aromatic rings. The number of nitrogens with zero attached hydrogens (tertiary/aromatic N) is 2. The molecule has 0 spiro atoms. The van der Waals surface area contributed by atoms with E-state index in [9.17, 15) is 0 Å². The van der Waals surface area contributed by atoms with Crippen LogP contribution in [0, 0.1) is 11.6 Å². The Kier molecular flexibility index (Phi) is 2.83. The van der Waals surface area contributed by atoms with Crippen molar-refractivity contribution in [3.63, 3.8) is 0 Å².